The van der Waals surface area contributed by atoms with Gasteiger partial charge in [-0.15, -0.1) is 0 Å². The van der Waals surface area contributed by atoms with Gasteiger partial charge in [0.1, 0.15) is 5.54 Å². The number of carbonyl (C=O) groups excluding carboxylic acids is 1. The molecule has 1 N–H and O–H groups in total. The van der Waals surface area contributed by atoms with Gasteiger partial charge in [0.05, 0.1) is 12.7 Å². The molecule has 1 aromatic carbocycles. The molecule has 158 valence electrons. The predicted molar refractivity (Wildman–Crippen MR) is 123 cm³/mol. The summed E-state index contributed by atoms with van der Waals surface area (Å²) >= 11 is 0. The second-order valence-corrected chi connectivity index (χ2v) is 8.04. The van der Waals surface area contributed by atoms with Crippen LogP contribution in [0.15, 0.2) is 75.6 Å². The van der Waals surface area contributed by atoms with Gasteiger partial charge in [0, 0.05) is 35.9 Å². The van der Waals surface area contributed by atoms with Crippen LogP contribution in [-0.4, -0.2) is 24.3 Å². The van der Waals surface area contributed by atoms with Crippen LogP contribution in [0.2, 0.25) is 0 Å². The third-order valence-corrected chi connectivity index (χ3v) is 6.10. The van der Waals surface area contributed by atoms with Gasteiger partial charge >= 0.3 is 5.97 Å². The number of ether oxygens (including phenoxy) is 1. The molecular weight excluding hydrogens is 388 g/mol. The minimum atomic E-state index is -0.526. The number of esters is 1. The summed E-state index contributed by atoms with van der Waals surface area (Å²) in [7, 11) is 1.38. The van der Waals surface area contributed by atoms with Gasteiger partial charge in [-0.1, -0.05) is 42.0 Å². The molecule has 2 atom stereocenters. The lowest BCUT2D eigenvalue weighted by molar-refractivity contribution is 0.0600. The Morgan fingerprint density at radius 2 is 2.06 bits per heavy atom. The normalized spacial score (nSPS) is 23.8. The molecular formula is C26H26N2O3. The first-order valence-electron chi connectivity index (χ1n) is 10.4. The molecule has 4 rings (SSSR count). The number of methoxy groups -OCH3 is 1. The van der Waals surface area contributed by atoms with Crippen LogP contribution in [-0.2, 0) is 16.7 Å². The van der Waals surface area contributed by atoms with Gasteiger partial charge < -0.3 is 9.72 Å². The Kier molecular flexibility index (Phi) is 5.59. The Bertz CT molecular complexity index is 1200. The summed E-state index contributed by atoms with van der Waals surface area (Å²) in [6.07, 6.45) is 11.5. The zero-order valence-corrected chi connectivity index (χ0v) is 18.0. The number of pyridine rings is 1. The number of aliphatic imine (C=N–C) groups is 1. The fourth-order valence-corrected chi connectivity index (χ4v) is 4.91. The number of fused-ring (bicyclic) bond motifs is 4. The highest BCUT2D eigenvalue weighted by molar-refractivity contribution is 5.94. The van der Waals surface area contributed by atoms with Crippen LogP contribution in [0.3, 0.4) is 0 Å². The molecule has 0 saturated carbocycles. The van der Waals surface area contributed by atoms with Crippen molar-refractivity contribution in [2.24, 2.45) is 10.9 Å². The number of hydrogen-bond donors (Lipinski definition) is 1. The lowest BCUT2D eigenvalue weighted by Crippen LogP contribution is -2.40. The number of allylic oxidation sites excluding steroid dienone is 3. The monoisotopic (exact) mass is 414 g/mol. The Labute approximate surface area is 181 Å². The lowest BCUT2D eigenvalue weighted by atomic mass is 9.63. The topological polar surface area (TPSA) is 71.5 Å². The van der Waals surface area contributed by atoms with Crippen molar-refractivity contribution in [2.75, 3.05) is 7.11 Å². The van der Waals surface area contributed by atoms with E-state index in [2.05, 4.69) is 31.0 Å². The first-order chi connectivity index (χ1) is 15.0. The summed E-state index contributed by atoms with van der Waals surface area (Å²) in [4.78, 5) is 32.0. The molecule has 5 nitrogen and oxygen atoms in total. The lowest BCUT2D eigenvalue weighted by Gasteiger charge is -2.45. The molecule has 1 heterocycles. The van der Waals surface area contributed by atoms with Gasteiger partial charge in [0.2, 0.25) is 5.56 Å². The Morgan fingerprint density at radius 3 is 2.84 bits per heavy atom. The van der Waals surface area contributed by atoms with E-state index in [1.165, 1.54) is 18.3 Å². The maximum absolute atomic E-state index is 12.0. The average Bonchev–Trinajstić information content (AvgIpc) is 2.75. The smallest absolute Gasteiger partial charge is 0.338 e. The highest BCUT2D eigenvalue weighted by atomic mass is 16.5. The van der Waals surface area contributed by atoms with Crippen LogP contribution in [0.25, 0.3) is 6.08 Å². The Hall–Kier alpha value is -3.47. The van der Waals surface area contributed by atoms with E-state index in [9.17, 15) is 9.59 Å². The second-order valence-electron chi connectivity index (χ2n) is 8.04. The SMILES string of the molecule is C/C=C1\[C@H]2C=C(C)C[C@]1(N=C/C=C/c1ccccc1C(=O)OC)c1ccc(=O)[nH]c1C2. The van der Waals surface area contributed by atoms with Crippen LogP contribution in [0.5, 0.6) is 0 Å². The van der Waals surface area contributed by atoms with E-state index < -0.39 is 5.54 Å². The van der Waals surface area contributed by atoms with E-state index in [0.717, 1.165) is 29.7 Å². The van der Waals surface area contributed by atoms with Crippen LogP contribution < -0.4 is 5.56 Å². The number of aromatic nitrogens is 1. The minimum absolute atomic E-state index is 0.0834. The molecule has 0 amide bonds. The van der Waals surface area contributed by atoms with Crippen LogP contribution in [0, 0.1) is 5.92 Å². The molecule has 0 unspecified atom stereocenters. The number of nitrogens with zero attached hydrogens (tertiary/aromatic N) is 1. The highest BCUT2D eigenvalue weighted by Gasteiger charge is 2.46. The van der Waals surface area contributed by atoms with E-state index in [4.69, 9.17) is 9.73 Å². The number of nitrogens with one attached hydrogen (secondary N) is 1. The molecule has 0 radical (unpaired) electrons. The van der Waals surface area contributed by atoms with E-state index in [1.54, 1.807) is 18.3 Å². The molecule has 0 fully saturated rings. The number of hydrogen-bond acceptors (Lipinski definition) is 4. The van der Waals surface area contributed by atoms with Gasteiger partial charge in [-0.2, -0.15) is 0 Å². The summed E-state index contributed by atoms with van der Waals surface area (Å²) in [5, 5.41) is 0. The summed E-state index contributed by atoms with van der Waals surface area (Å²) in [5.41, 5.74) is 5.26. The molecule has 1 aromatic heterocycles. The summed E-state index contributed by atoms with van der Waals surface area (Å²) in [6, 6.07) is 10.8. The standard InChI is InChI=1S/C26H26N2O3/c1-4-21-19-14-17(2)16-26(21,22-11-12-24(29)28-23(22)15-19)27-13-7-9-18-8-5-6-10-20(18)25(30)31-3/h4-14,19H,15-16H2,1-3H3,(H,28,29)/b9-7+,21-4+,27-13?/t19-,26+/m0/s1. The first-order valence-corrected chi connectivity index (χ1v) is 10.4. The first kappa shape index (κ1) is 20.8. The minimum Gasteiger partial charge on any atom is -0.465 e. The number of rotatable bonds is 4. The maximum Gasteiger partial charge on any atom is 0.338 e. The van der Waals surface area contributed by atoms with Gasteiger partial charge in [0.15, 0.2) is 0 Å². The van der Waals surface area contributed by atoms with Crippen molar-refractivity contribution < 1.29 is 9.53 Å². The molecule has 2 aromatic rings. The molecule has 2 aliphatic carbocycles. The summed E-state index contributed by atoms with van der Waals surface area (Å²) in [6.45, 7) is 4.20. The van der Waals surface area contributed by atoms with E-state index in [0.29, 0.717) is 5.56 Å². The number of carbonyl (C=O) groups is 1. The van der Waals surface area contributed by atoms with Gasteiger partial charge in [-0.05, 0) is 49.6 Å². The molecule has 31 heavy (non-hydrogen) atoms. The number of H-pyrrole nitrogens is 1. The largest absolute Gasteiger partial charge is 0.465 e. The number of benzene rings is 1. The predicted octanol–water partition coefficient (Wildman–Crippen LogP) is 4.61. The Balaban J connectivity index is 1.75. The van der Waals surface area contributed by atoms with Crippen LogP contribution >= 0.6 is 0 Å². The maximum atomic E-state index is 12.0. The van der Waals surface area contributed by atoms with Gasteiger partial charge in [-0.3, -0.25) is 9.79 Å². The van der Waals surface area contributed by atoms with Crippen molar-refractivity contribution in [2.45, 2.75) is 32.2 Å². The van der Waals surface area contributed by atoms with Gasteiger partial charge in [-0.25, -0.2) is 4.79 Å². The van der Waals surface area contributed by atoms with Crippen LogP contribution in [0.1, 0.15) is 47.4 Å². The Morgan fingerprint density at radius 1 is 1.26 bits per heavy atom. The molecule has 0 saturated heterocycles. The summed E-state index contributed by atoms with van der Waals surface area (Å²) in [5.74, 6) is -0.140. The van der Waals surface area contributed by atoms with Crippen molar-refractivity contribution >= 4 is 18.3 Å². The quantitative estimate of drug-likeness (QED) is 0.451. The van der Waals surface area contributed by atoms with Crippen molar-refractivity contribution in [1.29, 1.82) is 0 Å². The van der Waals surface area contributed by atoms with Crippen LogP contribution in [0.4, 0.5) is 0 Å². The fraction of sp³-hybridized carbons (Fsp3) is 0.269. The molecule has 5 heteroatoms. The third-order valence-electron chi connectivity index (χ3n) is 6.10. The number of aromatic amines is 1. The average molecular weight is 415 g/mol. The third kappa shape index (κ3) is 3.72. The van der Waals surface area contributed by atoms with E-state index in [-0.39, 0.29) is 17.4 Å². The summed E-state index contributed by atoms with van der Waals surface area (Å²) < 4.78 is 4.87. The molecule has 0 aliphatic heterocycles. The fourth-order valence-electron chi connectivity index (χ4n) is 4.91. The van der Waals surface area contributed by atoms with E-state index in [1.807, 2.05) is 36.4 Å². The highest BCUT2D eigenvalue weighted by Crippen LogP contribution is 2.51. The van der Waals surface area contributed by atoms with Gasteiger partial charge in [0.25, 0.3) is 0 Å². The van der Waals surface area contributed by atoms with Crippen molar-refractivity contribution in [3.05, 3.63) is 98.5 Å². The van der Waals surface area contributed by atoms with Crippen molar-refractivity contribution in [1.82, 2.24) is 4.98 Å². The zero-order valence-electron chi connectivity index (χ0n) is 18.0. The van der Waals surface area contributed by atoms with E-state index >= 15 is 0 Å². The molecule has 0 spiro atoms. The molecule has 2 aliphatic rings. The second kappa shape index (κ2) is 8.34. The van der Waals surface area contributed by atoms with Crippen molar-refractivity contribution in [3.8, 4) is 0 Å². The van der Waals surface area contributed by atoms with Crippen molar-refractivity contribution in [3.63, 3.8) is 0 Å². The molecule has 2 bridgehead atoms. The zero-order chi connectivity index (χ0) is 22.0.